The first-order valence-electron chi connectivity index (χ1n) is 9.03. The van der Waals surface area contributed by atoms with E-state index in [9.17, 15) is 8.42 Å². The van der Waals surface area contributed by atoms with Crippen molar-refractivity contribution in [1.29, 1.82) is 0 Å². The number of nitrogens with one attached hydrogen (secondary N) is 2. The summed E-state index contributed by atoms with van der Waals surface area (Å²) in [6.07, 6.45) is 3.81. The summed E-state index contributed by atoms with van der Waals surface area (Å²) < 4.78 is 29.0. The molecule has 8 nitrogen and oxygen atoms in total. The lowest BCUT2D eigenvalue weighted by molar-refractivity contribution is 0.477. The highest BCUT2D eigenvalue weighted by molar-refractivity contribution is 7.91. The number of hydrogen-bond donors (Lipinski definition) is 2. The van der Waals surface area contributed by atoms with Gasteiger partial charge in [-0.25, -0.2) is 17.8 Å². The summed E-state index contributed by atoms with van der Waals surface area (Å²) in [5.74, 6) is 0.674. The summed E-state index contributed by atoms with van der Waals surface area (Å²) in [5, 5.41) is 9.32. The Bertz CT molecular complexity index is 1030. The fourth-order valence-electron chi connectivity index (χ4n) is 2.74. The van der Waals surface area contributed by atoms with Crippen LogP contribution in [0.2, 0.25) is 0 Å². The summed E-state index contributed by atoms with van der Waals surface area (Å²) in [7, 11) is 0.168. The average Bonchev–Trinajstić information content (AvgIpc) is 3.41. The number of rotatable bonds is 8. The number of aromatic nitrogens is 2. The van der Waals surface area contributed by atoms with Gasteiger partial charge in [0.1, 0.15) is 4.21 Å². The first-order chi connectivity index (χ1) is 14.0. The van der Waals surface area contributed by atoms with Crippen molar-refractivity contribution >= 4 is 27.3 Å². The summed E-state index contributed by atoms with van der Waals surface area (Å²) in [4.78, 5) is 6.22. The van der Waals surface area contributed by atoms with Gasteiger partial charge in [0.2, 0.25) is 10.0 Å². The standard InChI is InChI=1S/C19H24N6O2S2/c1-20-19(21-10-11-23-29(26,27)18-9-6-12-28-18)24(2)14-16-13-22-25(15-16)17-7-4-3-5-8-17/h3-9,12-13,15,23H,10-11,14H2,1-2H3,(H,20,21). The summed E-state index contributed by atoms with van der Waals surface area (Å²) >= 11 is 1.19. The predicted octanol–water partition coefficient (Wildman–Crippen LogP) is 1.92. The van der Waals surface area contributed by atoms with Crippen molar-refractivity contribution in [3.63, 3.8) is 0 Å². The summed E-state index contributed by atoms with van der Waals surface area (Å²) in [6.45, 7) is 1.30. The van der Waals surface area contributed by atoms with E-state index in [1.165, 1.54) is 11.3 Å². The van der Waals surface area contributed by atoms with Gasteiger partial charge in [0.15, 0.2) is 5.96 Å². The molecule has 3 aromatic rings. The van der Waals surface area contributed by atoms with Crippen LogP contribution in [0.5, 0.6) is 0 Å². The van der Waals surface area contributed by atoms with Crippen molar-refractivity contribution in [2.45, 2.75) is 10.8 Å². The molecule has 29 heavy (non-hydrogen) atoms. The molecule has 0 bridgehead atoms. The Morgan fingerprint density at radius 1 is 1.21 bits per heavy atom. The fraction of sp³-hybridized carbons (Fsp3) is 0.263. The van der Waals surface area contributed by atoms with Crippen LogP contribution in [0.15, 0.2) is 69.4 Å². The van der Waals surface area contributed by atoms with Crippen molar-refractivity contribution in [3.8, 4) is 5.69 Å². The van der Waals surface area contributed by atoms with E-state index < -0.39 is 10.0 Å². The molecule has 0 aliphatic heterocycles. The number of hydrogen-bond acceptors (Lipinski definition) is 5. The van der Waals surface area contributed by atoms with Crippen LogP contribution in [-0.2, 0) is 16.6 Å². The second kappa shape index (κ2) is 9.68. The quantitative estimate of drug-likeness (QED) is 0.322. The number of aliphatic imine (C=N–C) groups is 1. The van der Waals surface area contributed by atoms with Gasteiger partial charge in [-0.05, 0) is 23.6 Å². The van der Waals surface area contributed by atoms with E-state index in [0.29, 0.717) is 23.3 Å². The Morgan fingerprint density at radius 2 is 2.00 bits per heavy atom. The Morgan fingerprint density at radius 3 is 2.69 bits per heavy atom. The minimum Gasteiger partial charge on any atom is -0.355 e. The van der Waals surface area contributed by atoms with Crippen LogP contribution in [0.25, 0.3) is 5.69 Å². The van der Waals surface area contributed by atoms with Gasteiger partial charge in [-0.2, -0.15) is 5.10 Å². The highest BCUT2D eigenvalue weighted by atomic mass is 32.2. The molecule has 2 heterocycles. The fourth-order valence-corrected chi connectivity index (χ4v) is 4.81. The van der Waals surface area contributed by atoms with Crippen LogP contribution in [0.3, 0.4) is 0 Å². The molecule has 2 N–H and O–H groups in total. The molecule has 154 valence electrons. The molecular weight excluding hydrogens is 408 g/mol. The Hall–Kier alpha value is -2.69. The highest BCUT2D eigenvalue weighted by Gasteiger charge is 2.14. The maximum absolute atomic E-state index is 12.1. The SMILES string of the molecule is CN=C(NCCNS(=O)(=O)c1cccs1)N(C)Cc1cnn(-c2ccccc2)c1. The molecule has 0 spiro atoms. The third kappa shape index (κ3) is 5.66. The largest absolute Gasteiger partial charge is 0.355 e. The third-order valence-electron chi connectivity index (χ3n) is 4.11. The molecule has 1 aromatic carbocycles. The number of para-hydroxylation sites is 1. The zero-order chi connectivity index (χ0) is 20.7. The average molecular weight is 433 g/mol. The lowest BCUT2D eigenvalue weighted by Gasteiger charge is -2.21. The molecule has 2 aromatic heterocycles. The molecule has 0 aliphatic rings. The second-order valence-corrected chi connectivity index (χ2v) is 9.23. The minimum atomic E-state index is -3.45. The van der Waals surface area contributed by atoms with Gasteiger partial charge in [-0.1, -0.05) is 24.3 Å². The summed E-state index contributed by atoms with van der Waals surface area (Å²) in [6, 6.07) is 13.2. The smallest absolute Gasteiger partial charge is 0.250 e. The molecule has 0 unspecified atom stereocenters. The first-order valence-corrected chi connectivity index (χ1v) is 11.4. The molecule has 0 fully saturated rings. The van der Waals surface area contributed by atoms with E-state index >= 15 is 0 Å². The van der Waals surface area contributed by atoms with Crippen LogP contribution in [0.1, 0.15) is 5.56 Å². The van der Waals surface area contributed by atoms with Crippen molar-refractivity contribution < 1.29 is 8.42 Å². The summed E-state index contributed by atoms with van der Waals surface area (Å²) in [5.41, 5.74) is 2.04. The van der Waals surface area contributed by atoms with E-state index in [0.717, 1.165) is 11.3 Å². The molecule has 0 radical (unpaired) electrons. The molecular formula is C19H24N6O2S2. The molecule has 0 atom stereocenters. The van der Waals surface area contributed by atoms with Gasteiger partial charge >= 0.3 is 0 Å². The maximum atomic E-state index is 12.1. The molecule has 0 aliphatic carbocycles. The Labute approximate surface area is 174 Å². The van der Waals surface area contributed by atoms with Gasteiger partial charge < -0.3 is 10.2 Å². The number of nitrogens with zero attached hydrogens (tertiary/aromatic N) is 4. The first kappa shape index (κ1) is 21.0. The van der Waals surface area contributed by atoms with Crippen LogP contribution < -0.4 is 10.0 Å². The van der Waals surface area contributed by atoms with Gasteiger partial charge in [-0.3, -0.25) is 4.99 Å². The van der Waals surface area contributed by atoms with Crippen LogP contribution in [-0.4, -0.2) is 56.2 Å². The predicted molar refractivity (Wildman–Crippen MR) is 116 cm³/mol. The normalized spacial score (nSPS) is 12.1. The van der Waals surface area contributed by atoms with Gasteiger partial charge in [0.25, 0.3) is 0 Å². The number of thiophene rings is 1. The second-order valence-electron chi connectivity index (χ2n) is 6.29. The van der Waals surface area contributed by atoms with Crippen LogP contribution >= 0.6 is 11.3 Å². The van der Waals surface area contributed by atoms with E-state index in [1.54, 1.807) is 24.6 Å². The van der Waals surface area contributed by atoms with Crippen LogP contribution in [0, 0.1) is 0 Å². The van der Waals surface area contributed by atoms with Crippen molar-refractivity contribution in [1.82, 2.24) is 24.7 Å². The molecule has 0 amide bonds. The lowest BCUT2D eigenvalue weighted by atomic mass is 10.3. The topological polar surface area (TPSA) is 91.6 Å². The number of sulfonamides is 1. The van der Waals surface area contributed by atoms with E-state index in [2.05, 4.69) is 20.1 Å². The lowest BCUT2D eigenvalue weighted by Crippen LogP contribution is -2.42. The Balaban J connectivity index is 1.49. The van der Waals surface area contributed by atoms with Crippen molar-refractivity contribution in [2.75, 3.05) is 27.2 Å². The minimum absolute atomic E-state index is 0.263. The number of benzene rings is 1. The van der Waals surface area contributed by atoms with Gasteiger partial charge in [0.05, 0.1) is 11.9 Å². The Kier molecular flexibility index (Phi) is 7.02. The monoisotopic (exact) mass is 432 g/mol. The third-order valence-corrected chi connectivity index (χ3v) is 6.97. The van der Waals surface area contributed by atoms with Crippen molar-refractivity contribution in [3.05, 3.63) is 65.8 Å². The van der Waals surface area contributed by atoms with Crippen molar-refractivity contribution in [2.24, 2.45) is 4.99 Å². The zero-order valence-corrected chi connectivity index (χ0v) is 17.9. The molecule has 3 rings (SSSR count). The van der Waals surface area contributed by atoms with Crippen LogP contribution in [0.4, 0.5) is 0 Å². The number of guanidine groups is 1. The zero-order valence-electron chi connectivity index (χ0n) is 16.3. The molecule has 10 heteroatoms. The molecule has 0 saturated carbocycles. The van der Waals surface area contributed by atoms with Gasteiger partial charge in [-0.15, -0.1) is 11.3 Å². The van der Waals surface area contributed by atoms with E-state index in [-0.39, 0.29) is 6.54 Å². The highest BCUT2D eigenvalue weighted by Crippen LogP contribution is 2.14. The van der Waals surface area contributed by atoms with E-state index in [1.807, 2.05) is 59.4 Å². The van der Waals surface area contributed by atoms with E-state index in [4.69, 9.17) is 0 Å². The molecule has 0 saturated heterocycles. The maximum Gasteiger partial charge on any atom is 0.250 e. The van der Waals surface area contributed by atoms with Gasteiger partial charge in [0, 0.05) is 45.5 Å².